The van der Waals surface area contributed by atoms with E-state index in [0.29, 0.717) is 0 Å². The number of hydrogen-bond donors (Lipinski definition) is 2. The third kappa shape index (κ3) is 5.60. The summed E-state index contributed by atoms with van der Waals surface area (Å²) in [6, 6.07) is 4.12. The Morgan fingerprint density at radius 1 is 1.16 bits per heavy atom. The summed E-state index contributed by atoms with van der Waals surface area (Å²) < 4.78 is 9.90. The highest BCUT2D eigenvalue weighted by atomic mass is 32.2. The Bertz CT molecular complexity index is 742. The molecule has 1 aliphatic rings. The lowest BCUT2D eigenvalue weighted by Gasteiger charge is -2.11. The van der Waals surface area contributed by atoms with E-state index in [0.717, 1.165) is 11.8 Å². The zero-order valence-corrected chi connectivity index (χ0v) is 14.2. The molecule has 0 unspecified atom stereocenters. The first kappa shape index (κ1) is 18.5. The highest BCUT2D eigenvalue weighted by Gasteiger charge is 2.29. The van der Waals surface area contributed by atoms with Crippen LogP contribution in [0.5, 0.6) is 11.5 Å². The molecule has 0 saturated carbocycles. The maximum Gasteiger partial charge on any atom is 0.308 e. The van der Waals surface area contributed by atoms with Crippen LogP contribution in [0.4, 0.5) is 5.69 Å². The van der Waals surface area contributed by atoms with E-state index < -0.39 is 29.0 Å². The van der Waals surface area contributed by atoms with Crippen LogP contribution >= 0.6 is 11.8 Å². The molecule has 0 spiro atoms. The molecule has 1 heterocycles. The molecule has 1 aliphatic heterocycles. The number of benzene rings is 1. The lowest BCUT2D eigenvalue weighted by atomic mass is 10.2. The zero-order chi connectivity index (χ0) is 18.6. The van der Waals surface area contributed by atoms with E-state index >= 15 is 0 Å². The SMILES string of the molecule is CC(=O)Oc1cc(NC(=O)C[C@@H]2SC(N)=NC2=O)cc(OC(C)=O)c1. The number of ether oxygens (including phenoxy) is 2. The molecule has 25 heavy (non-hydrogen) atoms. The summed E-state index contributed by atoms with van der Waals surface area (Å²) >= 11 is 1.01. The van der Waals surface area contributed by atoms with E-state index in [1.54, 1.807) is 0 Å². The Balaban J connectivity index is 2.11. The zero-order valence-electron chi connectivity index (χ0n) is 13.4. The number of nitrogens with one attached hydrogen (secondary N) is 1. The first-order chi connectivity index (χ1) is 11.7. The van der Waals surface area contributed by atoms with Crippen molar-refractivity contribution in [1.82, 2.24) is 0 Å². The van der Waals surface area contributed by atoms with Crippen molar-refractivity contribution >= 4 is 46.4 Å². The molecular formula is C15H15N3O6S. The van der Waals surface area contributed by atoms with E-state index in [4.69, 9.17) is 15.2 Å². The van der Waals surface area contributed by atoms with E-state index in [2.05, 4.69) is 10.3 Å². The van der Waals surface area contributed by atoms with Crippen molar-refractivity contribution in [3.8, 4) is 11.5 Å². The standard InChI is InChI=1S/C15H15N3O6S/c1-7(19)23-10-3-9(4-11(5-10)24-8(2)20)17-13(21)6-12-14(22)18-15(16)25-12/h3-5,12H,6H2,1-2H3,(H,17,21)(H2,16,18,22)/t12-/m0/s1. The lowest BCUT2D eigenvalue weighted by molar-refractivity contribution is -0.132. The summed E-state index contributed by atoms with van der Waals surface area (Å²) in [5.74, 6) is -1.88. The van der Waals surface area contributed by atoms with E-state index in [1.807, 2.05) is 0 Å². The largest absolute Gasteiger partial charge is 0.427 e. The Kier molecular flexibility index (Phi) is 5.75. The number of esters is 2. The summed E-state index contributed by atoms with van der Waals surface area (Å²) in [7, 11) is 0. The Hall–Kier alpha value is -2.88. The van der Waals surface area contributed by atoms with Crippen molar-refractivity contribution in [2.45, 2.75) is 25.5 Å². The van der Waals surface area contributed by atoms with Gasteiger partial charge in [-0.25, -0.2) is 0 Å². The molecule has 1 aromatic carbocycles. The molecule has 1 atom stereocenters. The summed E-state index contributed by atoms with van der Waals surface area (Å²) in [6.45, 7) is 2.42. The minimum absolute atomic E-state index is 0.0976. The number of amides is 2. The van der Waals surface area contributed by atoms with Crippen LogP contribution in [0.3, 0.4) is 0 Å². The predicted octanol–water partition coefficient (Wildman–Crippen LogP) is 0.822. The molecule has 0 aliphatic carbocycles. The van der Waals surface area contributed by atoms with E-state index in [1.165, 1.54) is 32.0 Å². The molecule has 1 aromatic rings. The fourth-order valence-corrected chi connectivity index (χ4v) is 2.83. The fraction of sp³-hybridized carbons (Fsp3) is 0.267. The number of amidine groups is 1. The maximum atomic E-state index is 12.1. The van der Waals surface area contributed by atoms with Crippen LogP contribution in [0.2, 0.25) is 0 Å². The second-order valence-corrected chi connectivity index (χ2v) is 6.25. The van der Waals surface area contributed by atoms with Crippen LogP contribution in [0.15, 0.2) is 23.2 Å². The van der Waals surface area contributed by atoms with Gasteiger partial charge in [-0.2, -0.15) is 4.99 Å². The third-order valence-electron chi connectivity index (χ3n) is 2.82. The minimum atomic E-state index is -0.676. The lowest BCUT2D eigenvalue weighted by Crippen LogP contribution is -2.21. The highest BCUT2D eigenvalue weighted by Crippen LogP contribution is 2.28. The van der Waals surface area contributed by atoms with Crippen LogP contribution in [0.1, 0.15) is 20.3 Å². The monoisotopic (exact) mass is 365 g/mol. The molecule has 0 radical (unpaired) electrons. The second-order valence-electron chi connectivity index (χ2n) is 5.03. The van der Waals surface area contributed by atoms with Gasteiger partial charge in [-0.15, -0.1) is 0 Å². The number of hydrogen-bond acceptors (Lipinski definition) is 8. The van der Waals surface area contributed by atoms with Gasteiger partial charge in [-0.05, 0) is 0 Å². The Morgan fingerprint density at radius 3 is 2.16 bits per heavy atom. The van der Waals surface area contributed by atoms with Gasteiger partial charge >= 0.3 is 11.9 Å². The fourth-order valence-electron chi connectivity index (χ4n) is 2.01. The molecule has 132 valence electrons. The first-order valence-corrected chi connectivity index (χ1v) is 7.97. The van der Waals surface area contributed by atoms with Crippen molar-refractivity contribution in [2.75, 3.05) is 5.32 Å². The normalized spacial score (nSPS) is 16.2. The van der Waals surface area contributed by atoms with Crippen LogP contribution in [-0.2, 0) is 19.2 Å². The average Bonchev–Trinajstić information content (AvgIpc) is 2.74. The smallest absolute Gasteiger partial charge is 0.308 e. The van der Waals surface area contributed by atoms with Gasteiger partial charge in [0.1, 0.15) is 16.7 Å². The maximum absolute atomic E-state index is 12.1. The van der Waals surface area contributed by atoms with Gasteiger partial charge in [0.25, 0.3) is 5.91 Å². The number of carbonyl (C=O) groups excluding carboxylic acids is 4. The van der Waals surface area contributed by atoms with Crippen molar-refractivity contribution in [1.29, 1.82) is 0 Å². The van der Waals surface area contributed by atoms with Crippen molar-refractivity contribution in [2.24, 2.45) is 10.7 Å². The van der Waals surface area contributed by atoms with Crippen LogP contribution in [-0.4, -0.2) is 34.2 Å². The van der Waals surface area contributed by atoms with Crippen LogP contribution in [0.25, 0.3) is 0 Å². The summed E-state index contributed by atoms with van der Waals surface area (Å²) in [4.78, 5) is 49.4. The van der Waals surface area contributed by atoms with Gasteiger partial charge in [0, 0.05) is 44.2 Å². The van der Waals surface area contributed by atoms with Gasteiger partial charge < -0.3 is 20.5 Å². The van der Waals surface area contributed by atoms with Crippen molar-refractivity contribution in [3.05, 3.63) is 18.2 Å². The van der Waals surface area contributed by atoms with Gasteiger partial charge in [-0.1, -0.05) is 11.8 Å². The molecule has 2 amide bonds. The number of carbonyl (C=O) groups is 4. The van der Waals surface area contributed by atoms with Crippen molar-refractivity contribution < 1.29 is 28.7 Å². The molecule has 2 rings (SSSR count). The average molecular weight is 365 g/mol. The summed E-state index contributed by atoms with van der Waals surface area (Å²) in [6.07, 6.45) is -0.131. The van der Waals surface area contributed by atoms with Crippen molar-refractivity contribution in [3.63, 3.8) is 0 Å². The molecule has 0 saturated heterocycles. The predicted molar refractivity (Wildman–Crippen MR) is 90.3 cm³/mol. The number of anilines is 1. The number of rotatable bonds is 5. The molecule has 0 fully saturated rings. The van der Waals surface area contributed by atoms with Gasteiger partial charge in [-0.3, -0.25) is 19.2 Å². The topological polar surface area (TPSA) is 137 Å². The number of aliphatic imine (C=N–C) groups is 1. The molecule has 0 bridgehead atoms. The molecule has 10 heteroatoms. The Labute approximate surface area is 146 Å². The first-order valence-electron chi connectivity index (χ1n) is 7.09. The van der Waals surface area contributed by atoms with Crippen LogP contribution in [0, 0.1) is 0 Å². The van der Waals surface area contributed by atoms with E-state index in [9.17, 15) is 19.2 Å². The summed E-state index contributed by atoms with van der Waals surface area (Å²) in [5, 5.41) is 2.00. The van der Waals surface area contributed by atoms with Crippen LogP contribution < -0.4 is 20.5 Å². The minimum Gasteiger partial charge on any atom is -0.427 e. The number of nitrogens with two attached hydrogens (primary N) is 1. The Morgan fingerprint density at radius 2 is 1.72 bits per heavy atom. The van der Waals surface area contributed by atoms with E-state index in [-0.39, 0.29) is 28.8 Å². The molecule has 9 nitrogen and oxygen atoms in total. The molecule has 0 aromatic heterocycles. The second kappa shape index (κ2) is 7.79. The quantitative estimate of drug-likeness (QED) is 0.578. The van der Waals surface area contributed by atoms with Gasteiger partial charge in [0.05, 0.1) is 0 Å². The third-order valence-corrected chi connectivity index (χ3v) is 3.80. The summed E-state index contributed by atoms with van der Waals surface area (Å²) in [5.41, 5.74) is 5.68. The number of nitrogens with zero attached hydrogens (tertiary/aromatic N) is 1. The number of thioether (sulfide) groups is 1. The highest BCUT2D eigenvalue weighted by molar-refractivity contribution is 8.15. The van der Waals surface area contributed by atoms with Gasteiger partial charge in [0.2, 0.25) is 5.91 Å². The molecular weight excluding hydrogens is 350 g/mol. The van der Waals surface area contributed by atoms with Gasteiger partial charge in [0.15, 0.2) is 5.17 Å². The molecule has 3 N–H and O–H groups in total.